The third kappa shape index (κ3) is 2.74. The van der Waals surface area contributed by atoms with Gasteiger partial charge in [-0.3, -0.25) is 14.8 Å². The lowest BCUT2D eigenvalue weighted by Gasteiger charge is -2.35. The Labute approximate surface area is 123 Å². The number of aliphatic hydroxyl groups excluding tert-OH is 1. The van der Waals surface area contributed by atoms with E-state index in [4.69, 9.17) is 0 Å². The van der Waals surface area contributed by atoms with Gasteiger partial charge in [0.15, 0.2) is 0 Å². The van der Waals surface area contributed by atoms with Crippen molar-refractivity contribution < 1.29 is 9.90 Å². The average Bonchev–Trinajstić information content (AvgIpc) is 2.54. The molecule has 1 fully saturated rings. The molecule has 0 bridgehead atoms. The highest BCUT2D eigenvalue weighted by molar-refractivity contribution is 6.04. The lowest BCUT2D eigenvalue weighted by molar-refractivity contribution is 0.0576. The lowest BCUT2D eigenvalue weighted by Crippen LogP contribution is -2.44. The number of likely N-dealkylation sites (tertiary alicyclic amines) is 1. The van der Waals surface area contributed by atoms with Gasteiger partial charge in [0, 0.05) is 31.6 Å². The fourth-order valence-corrected chi connectivity index (χ4v) is 3.04. The van der Waals surface area contributed by atoms with E-state index in [0.717, 1.165) is 31.3 Å². The highest BCUT2D eigenvalue weighted by Gasteiger charge is 2.28. The maximum atomic E-state index is 12.9. The first-order valence-corrected chi connectivity index (χ1v) is 7.43. The first kappa shape index (κ1) is 13.9. The van der Waals surface area contributed by atoms with Crippen LogP contribution in [0, 0.1) is 0 Å². The van der Waals surface area contributed by atoms with Gasteiger partial charge in [-0.2, -0.15) is 0 Å². The summed E-state index contributed by atoms with van der Waals surface area (Å²) >= 11 is 0. The Hall–Kier alpha value is -2.01. The van der Waals surface area contributed by atoms with Gasteiger partial charge < -0.3 is 10.0 Å². The number of carbonyl (C=O) groups is 1. The summed E-state index contributed by atoms with van der Waals surface area (Å²) in [5.74, 6) is -0.000694. The molecule has 21 heavy (non-hydrogen) atoms. The van der Waals surface area contributed by atoms with Crippen LogP contribution >= 0.6 is 0 Å². The maximum Gasteiger partial charge on any atom is 0.256 e. The van der Waals surface area contributed by atoms with E-state index in [1.165, 1.54) is 0 Å². The van der Waals surface area contributed by atoms with E-state index in [-0.39, 0.29) is 18.6 Å². The van der Waals surface area contributed by atoms with Gasteiger partial charge in [0.05, 0.1) is 11.1 Å². The number of benzene rings is 1. The van der Waals surface area contributed by atoms with Crippen molar-refractivity contribution in [2.75, 3.05) is 13.2 Å². The normalized spacial score (nSPS) is 18.9. The third-order valence-corrected chi connectivity index (χ3v) is 4.08. The Balaban J connectivity index is 1.95. The van der Waals surface area contributed by atoms with Gasteiger partial charge in [-0.05, 0) is 37.8 Å². The van der Waals surface area contributed by atoms with E-state index in [0.29, 0.717) is 17.5 Å². The average molecular weight is 285 g/mol. The lowest BCUT2D eigenvalue weighted by atomic mass is 9.98. The molecule has 0 saturated carbocycles. The van der Waals surface area contributed by atoms with Crippen molar-refractivity contribution in [3.8, 4) is 0 Å². The molecule has 1 aromatic heterocycles. The summed E-state index contributed by atoms with van der Waals surface area (Å²) in [4.78, 5) is 23.3. The number of piperidine rings is 1. The molecule has 5 heteroatoms. The number of para-hydroxylation sites is 1. The van der Waals surface area contributed by atoms with Gasteiger partial charge in [0.2, 0.25) is 0 Å². The molecule has 1 saturated heterocycles. The first-order valence-electron chi connectivity index (χ1n) is 7.43. The Bertz CT molecular complexity index is 637. The van der Waals surface area contributed by atoms with Gasteiger partial charge in [0.1, 0.15) is 5.52 Å². The molecule has 5 nitrogen and oxygen atoms in total. The predicted molar refractivity (Wildman–Crippen MR) is 79.9 cm³/mol. The molecule has 110 valence electrons. The molecule has 2 heterocycles. The summed E-state index contributed by atoms with van der Waals surface area (Å²) in [5, 5.41) is 9.20. The molecule has 1 N–H and O–H groups in total. The van der Waals surface area contributed by atoms with Crippen LogP contribution in [0.5, 0.6) is 0 Å². The van der Waals surface area contributed by atoms with Crippen LogP contribution in [0.4, 0.5) is 0 Å². The van der Waals surface area contributed by atoms with Crippen molar-refractivity contribution >= 4 is 16.9 Å². The van der Waals surface area contributed by atoms with E-state index in [1.807, 2.05) is 23.1 Å². The second kappa shape index (κ2) is 6.18. The number of aromatic nitrogens is 2. The highest BCUT2D eigenvalue weighted by atomic mass is 16.3. The van der Waals surface area contributed by atoms with Crippen LogP contribution in [-0.4, -0.2) is 45.1 Å². The Morgan fingerprint density at radius 1 is 1.29 bits per heavy atom. The molecule has 1 atom stereocenters. The Kier molecular flexibility index (Phi) is 4.10. The number of hydrogen-bond donors (Lipinski definition) is 1. The molecule has 0 spiro atoms. The molecular weight excluding hydrogens is 266 g/mol. The molecule has 1 amide bonds. The molecule has 3 rings (SSSR count). The molecule has 0 radical (unpaired) electrons. The zero-order chi connectivity index (χ0) is 14.7. The largest absolute Gasteiger partial charge is 0.396 e. The second-order valence-electron chi connectivity index (χ2n) is 5.39. The topological polar surface area (TPSA) is 66.3 Å². The number of aliphatic hydroxyl groups is 1. The zero-order valence-electron chi connectivity index (χ0n) is 11.9. The van der Waals surface area contributed by atoms with E-state index in [9.17, 15) is 9.90 Å². The highest BCUT2D eigenvalue weighted by Crippen LogP contribution is 2.24. The minimum absolute atomic E-state index is 0.000694. The van der Waals surface area contributed by atoms with Crippen molar-refractivity contribution in [3.63, 3.8) is 0 Å². The smallest absolute Gasteiger partial charge is 0.256 e. The van der Waals surface area contributed by atoms with Gasteiger partial charge in [0.25, 0.3) is 5.91 Å². The number of amides is 1. The van der Waals surface area contributed by atoms with E-state index < -0.39 is 0 Å². The van der Waals surface area contributed by atoms with E-state index in [2.05, 4.69) is 9.97 Å². The van der Waals surface area contributed by atoms with Crippen LogP contribution in [0.2, 0.25) is 0 Å². The number of hydrogen-bond acceptors (Lipinski definition) is 4. The summed E-state index contributed by atoms with van der Waals surface area (Å²) in [6.07, 6.45) is 6.98. The van der Waals surface area contributed by atoms with Crippen molar-refractivity contribution in [2.45, 2.75) is 31.7 Å². The van der Waals surface area contributed by atoms with Crippen molar-refractivity contribution in [1.29, 1.82) is 0 Å². The Morgan fingerprint density at radius 3 is 3.00 bits per heavy atom. The van der Waals surface area contributed by atoms with Gasteiger partial charge in [-0.25, -0.2) is 0 Å². The second-order valence-corrected chi connectivity index (χ2v) is 5.39. The maximum absolute atomic E-state index is 12.9. The summed E-state index contributed by atoms with van der Waals surface area (Å²) in [6, 6.07) is 5.64. The van der Waals surface area contributed by atoms with Crippen molar-refractivity contribution in [2.24, 2.45) is 0 Å². The molecule has 2 aromatic rings. The van der Waals surface area contributed by atoms with E-state index >= 15 is 0 Å². The quantitative estimate of drug-likeness (QED) is 0.936. The van der Waals surface area contributed by atoms with Gasteiger partial charge >= 0.3 is 0 Å². The SMILES string of the molecule is O=C(c1cccc2nccnc12)N1CCCCC1CCO. The standard InChI is InChI=1S/C16H19N3O2/c20-11-7-12-4-1-2-10-19(12)16(21)13-5-3-6-14-15(13)18-9-8-17-14/h3,5-6,8-9,12,20H,1-2,4,7,10-11H2. The third-order valence-electron chi connectivity index (χ3n) is 4.08. The molecule has 1 unspecified atom stereocenters. The summed E-state index contributed by atoms with van der Waals surface area (Å²) in [5.41, 5.74) is 1.99. The van der Waals surface area contributed by atoms with Crippen LogP contribution in [0.25, 0.3) is 11.0 Å². The van der Waals surface area contributed by atoms with Gasteiger partial charge in [-0.1, -0.05) is 6.07 Å². The number of carbonyl (C=O) groups excluding carboxylic acids is 1. The van der Waals surface area contributed by atoms with Crippen LogP contribution in [-0.2, 0) is 0 Å². The Morgan fingerprint density at radius 2 is 2.14 bits per heavy atom. The van der Waals surface area contributed by atoms with Crippen molar-refractivity contribution in [1.82, 2.24) is 14.9 Å². The monoisotopic (exact) mass is 285 g/mol. The minimum Gasteiger partial charge on any atom is -0.396 e. The number of nitrogens with zero attached hydrogens (tertiary/aromatic N) is 3. The molecule has 1 aliphatic heterocycles. The van der Waals surface area contributed by atoms with Crippen molar-refractivity contribution in [3.05, 3.63) is 36.2 Å². The van der Waals surface area contributed by atoms with Crippen LogP contribution in [0.1, 0.15) is 36.0 Å². The van der Waals surface area contributed by atoms with E-state index in [1.54, 1.807) is 12.4 Å². The number of rotatable bonds is 3. The summed E-state index contributed by atoms with van der Waals surface area (Å²) in [7, 11) is 0. The number of fused-ring (bicyclic) bond motifs is 1. The predicted octanol–water partition coefficient (Wildman–Crippen LogP) is 2.01. The molecule has 0 aliphatic carbocycles. The fraction of sp³-hybridized carbons (Fsp3) is 0.438. The van der Waals surface area contributed by atoms with Gasteiger partial charge in [-0.15, -0.1) is 0 Å². The molecular formula is C16H19N3O2. The fourth-order valence-electron chi connectivity index (χ4n) is 3.04. The zero-order valence-corrected chi connectivity index (χ0v) is 11.9. The minimum atomic E-state index is -0.000694. The van der Waals surface area contributed by atoms with Crippen LogP contribution < -0.4 is 0 Å². The molecule has 1 aromatic carbocycles. The summed E-state index contributed by atoms with van der Waals surface area (Å²) in [6.45, 7) is 0.865. The first-order chi connectivity index (χ1) is 10.3. The molecule has 1 aliphatic rings. The van der Waals surface area contributed by atoms with Crippen LogP contribution in [0.15, 0.2) is 30.6 Å². The van der Waals surface area contributed by atoms with Crippen LogP contribution in [0.3, 0.4) is 0 Å². The summed E-state index contributed by atoms with van der Waals surface area (Å²) < 4.78 is 0.